The zero-order valence-corrected chi connectivity index (χ0v) is 16.1. The predicted octanol–water partition coefficient (Wildman–Crippen LogP) is 4.77. The number of hydrogen-bond donors (Lipinski definition) is 0. The van der Waals surface area contributed by atoms with Gasteiger partial charge in [0, 0.05) is 33.3 Å². The highest BCUT2D eigenvalue weighted by molar-refractivity contribution is 7.20. The molecule has 0 saturated heterocycles. The van der Waals surface area contributed by atoms with Gasteiger partial charge in [-0.25, -0.2) is 4.79 Å². The molecule has 0 aliphatic heterocycles. The normalized spacial score (nSPS) is 10.6. The number of ether oxygens (including phenoxy) is 2. The van der Waals surface area contributed by atoms with Crippen LogP contribution in [-0.2, 0) is 11.3 Å². The lowest BCUT2D eigenvalue weighted by molar-refractivity contribution is -0.384. The molecule has 0 spiro atoms. The molecule has 7 nitrogen and oxygen atoms in total. The first-order valence-corrected chi connectivity index (χ1v) is 9.32. The summed E-state index contributed by atoms with van der Waals surface area (Å²) in [5, 5.41) is 11.5. The summed E-state index contributed by atoms with van der Waals surface area (Å²) in [6.07, 6.45) is 0. The number of fused-ring (bicyclic) bond motifs is 1. The molecule has 3 rings (SSSR count). The number of Topliss-reactive ketones (excluding diaryl/α,β-unsaturated/α-hetero) is 1. The number of thiophene rings is 1. The van der Waals surface area contributed by atoms with E-state index in [1.165, 1.54) is 30.4 Å². The number of benzene rings is 2. The van der Waals surface area contributed by atoms with Gasteiger partial charge in [-0.05, 0) is 44.2 Å². The smallest absolute Gasteiger partial charge is 0.348 e. The fourth-order valence-electron chi connectivity index (χ4n) is 2.67. The number of rotatable bonds is 7. The average Bonchev–Trinajstić information content (AvgIpc) is 3.10. The van der Waals surface area contributed by atoms with Crippen LogP contribution in [0.2, 0.25) is 0 Å². The Bertz CT molecular complexity index is 1070. The van der Waals surface area contributed by atoms with Crippen molar-refractivity contribution in [3.63, 3.8) is 0 Å². The van der Waals surface area contributed by atoms with Gasteiger partial charge >= 0.3 is 5.97 Å². The van der Waals surface area contributed by atoms with Crippen LogP contribution in [0, 0.1) is 10.1 Å². The maximum atomic E-state index is 12.4. The van der Waals surface area contributed by atoms with E-state index in [9.17, 15) is 19.7 Å². The van der Waals surface area contributed by atoms with Crippen LogP contribution in [0.1, 0.15) is 39.4 Å². The number of esters is 1. The molecule has 0 aliphatic carbocycles. The zero-order chi connectivity index (χ0) is 20.3. The summed E-state index contributed by atoms with van der Waals surface area (Å²) in [6, 6.07) is 11.0. The first kappa shape index (κ1) is 19.5. The standard InChI is InChI=1S/C20H17NO6S/c1-3-26-17-6-4-13(12(2)22)8-15(17)11-27-20(23)19-10-14-9-16(21(24)25)5-7-18(14)28-19/h4-10H,3,11H2,1-2H3. The second-order valence-electron chi connectivity index (χ2n) is 5.98. The molecular formula is C20H17NO6S. The van der Waals surface area contributed by atoms with Crippen LogP contribution < -0.4 is 4.74 Å². The summed E-state index contributed by atoms with van der Waals surface area (Å²) in [5.74, 6) is -0.0893. The molecule has 0 aliphatic rings. The third-order valence-electron chi connectivity index (χ3n) is 4.04. The van der Waals surface area contributed by atoms with Gasteiger partial charge in [0.15, 0.2) is 5.78 Å². The highest BCUT2D eigenvalue weighted by atomic mass is 32.1. The maximum absolute atomic E-state index is 12.4. The van der Waals surface area contributed by atoms with Crippen molar-refractivity contribution in [2.24, 2.45) is 0 Å². The van der Waals surface area contributed by atoms with Crippen LogP contribution in [0.25, 0.3) is 10.1 Å². The topological polar surface area (TPSA) is 95.7 Å². The Morgan fingerprint density at radius 3 is 2.61 bits per heavy atom. The summed E-state index contributed by atoms with van der Waals surface area (Å²) >= 11 is 1.20. The summed E-state index contributed by atoms with van der Waals surface area (Å²) in [4.78, 5) is 34.8. The molecule has 3 aromatic rings. The number of non-ortho nitro benzene ring substituents is 1. The van der Waals surface area contributed by atoms with Crippen molar-refractivity contribution in [3.05, 3.63) is 68.6 Å². The molecule has 0 radical (unpaired) electrons. The minimum atomic E-state index is -0.542. The monoisotopic (exact) mass is 399 g/mol. The number of nitro groups is 1. The van der Waals surface area contributed by atoms with E-state index in [1.54, 1.807) is 30.3 Å². The largest absolute Gasteiger partial charge is 0.493 e. The average molecular weight is 399 g/mol. The molecular weight excluding hydrogens is 382 g/mol. The lowest BCUT2D eigenvalue weighted by atomic mass is 10.1. The summed E-state index contributed by atoms with van der Waals surface area (Å²) in [6.45, 7) is 3.69. The van der Waals surface area contributed by atoms with Gasteiger partial charge in [-0.15, -0.1) is 11.3 Å². The van der Waals surface area contributed by atoms with Crippen LogP contribution in [0.5, 0.6) is 5.75 Å². The summed E-state index contributed by atoms with van der Waals surface area (Å²) in [7, 11) is 0. The van der Waals surface area contributed by atoms with Gasteiger partial charge in [0.2, 0.25) is 0 Å². The molecule has 2 aromatic carbocycles. The van der Waals surface area contributed by atoms with Crippen LogP contribution in [0.4, 0.5) is 5.69 Å². The van der Waals surface area contributed by atoms with Gasteiger partial charge in [0.1, 0.15) is 17.2 Å². The molecule has 0 saturated carbocycles. The molecule has 0 amide bonds. The highest BCUT2D eigenvalue weighted by Gasteiger charge is 2.16. The Morgan fingerprint density at radius 2 is 1.93 bits per heavy atom. The van der Waals surface area contributed by atoms with E-state index >= 15 is 0 Å². The van der Waals surface area contributed by atoms with Crippen LogP contribution in [-0.4, -0.2) is 23.3 Å². The number of carbonyl (C=O) groups is 2. The molecule has 1 aromatic heterocycles. The van der Waals surface area contributed by atoms with Crippen molar-refractivity contribution in [1.82, 2.24) is 0 Å². The zero-order valence-electron chi connectivity index (χ0n) is 15.3. The lowest BCUT2D eigenvalue weighted by Gasteiger charge is -2.11. The van der Waals surface area contributed by atoms with Crippen LogP contribution >= 0.6 is 11.3 Å². The van der Waals surface area contributed by atoms with E-state index in [1.807, 2.05) is 6.92 Å². The molecule has 0 N–H and O–H groups in total. The number of nitro benzene ring substituents is 1. The van der Waals surface area contributed by atoms with E-state index in [2.05, 4.69) is 0 Å². The maximum Gasteiger partial charge on any atom is 0.348 e. The Kier molecular flexibility index (Phi) is 5.70. The molecule has 144 valence electrons. The third-order valence-corrected chi connectivity index (χ3v) is 5.13. The van der Waals surface area contributed by atoms with Crippen molar-refractivity contribution < 1.29 is 24.0 Å². The molecule has 28 heavy (non-hydrogen) atoms. The number of carbonyl (C=O) groups excluding carboxylic acids is 2. The number of nitrogens with zero attached hydrogens (tertiary/aromatic N) is 1. The van der Waals surface area contributed by atoms with E-state index in [4.69, 9.17) is 9.47 Å². The van der Waals surface area contributed by atoms with Crippen molar-refractivity contribution in [2.45, 2.75) is 20.5 Å². The van der Waals surface area contributed by atoms with Crippen LogP contribution in [0.15, 0.2) is 42.5 Å². The van der Waals surface area contributed by atoms with Gasteiger partial charge in [-0.3, -0.25) is 14.9 Å². The molecule has 1 heterocycles. The third kappa shape index (κ3) is 4.17. The van der Waals surface area contributed by atoms with Gasteiger partial charge in [0.25, 0.3) is 5.69 Å². The van der Waals surface area contributed by atoms with Gasteiger partial charge in [-0.2, -0.15) is 0 Å². The lowest BCUT2D eigenvalue weighted by Crippen LogP contribution is -2.06. The van der Waals surface area contributed by atoms with Crippen molar-refractivity contribution in [2.75, 3.05) is 6.61 Å². The first-order chi connectivity index (χ1) is 13.4. The molecule has 0 atom stereocenters. The molecule has 0 fully saturated rings. The Hall–Kier alpha value is -3.26. The minimum absolute atomic E-state index is 0.0346. The summed E-state index contributed by atoms with van der Waals surface area (Å²) < 4.78 is 11.7. The Labute approximate surface area is 164 Å². The van der Waals surface area contributed by atoms with Crippen LogP contribution in [0.3, 0.4) is 0 Å². The van der Waals surface area contributed by atoms with Gasteiger partial charge in [0.05, 0.1) is 11.5 Å². The van der Waals surface area contributed by atoms with Crippen molar-refractivity contribution >= 4 is 38.9 Å². The highest BCUT2D eigenvalue weighted by Crippen LogP contribution is 2.30. The fourth-order valence-corrected chi connectivity index (χ4v) is 3.60. The van der Waals surface area contributed by atoms with Gasteiger partial charge < -0.3 is 9.47 Å². The quantitative estimate of drug-likeness (QED) is 0.246. The van der Waals surface area contributed by atoms with E-state index in [-0.39, 0.29) is 18.1 Å². The number of ketones is 1. The van der Waals surface area contributed by atoms with Gasteiger partial charge in [-0.1, -0.05) is 0 Å². The molecule has 0 bridgehead atoms. The summed E-state index contributed by atoms with van der Waals surface area (Å²) in [5.41, 5.74) is 1.07. The Morgan fingerprint density at radius 1 is 1.14 bits per heavy atom. The fraction of sp³-hybridized carbons (Fsp3) is 0.200. The molecule has 0 unspecified atom stereocenters. The van der Waals surface area contributed by atoms with E-state index < -0.39 is 10.9 Å². The Balaban J connectivity index is 1.80. The van der Waals surface area contributed by atoms with Crippen molar-refractivity contribution in [1.29, 1.82) is 0 Å². The second-order valence-corrected chi connectivity index (χ2v) is 7.06. The number of hydrogen-bond acceptors (Lipinski definition) is 7. The first-order valence-electron chi connectivity index (χ1n) is 8.50. The van der Waals surface area contributed by atoms with Crippen molar-refractivity contribution in [3.8, 4) is 5.75 Å². The van der Waals surface area contributed by atoms with E-state index in [0.717, 1.165) is 4.70 Å². The second kappa shape index (κ2) is 8.18. The molecule has 8 heteroatoms. The predicted molar refractivity (Wildman–Crippen MR) is 105 cm³/mol. The van der Waals surface area contributed by atoms with E-state index in [0.29, 0.717) is 33.7 Å². The SMILES string of the molecule is CCOc1ccc(C(C)=O)cc1COC(=O)c1cc2cc([N+](=O)[O-])ccc2s1. The minimum Gasteiger partial charge on any atom is -0.493 e.